The van der Waals surface area contributed by atoms with Crippen LogP contribution < -0.4 is 20.1 Å². The molecule has 0 bridgehead atoms. The maximum atomic E-state index is 13.7. The third kappa shape index (κ3) is 4.31. The molecule has 42 heavy (non-hydrogen) atoms. The lowest BCUT2D eigenvalue weighted by Crippen LogP contribution is -2.38. The van der Waals surface area contributed by atoms with Gasteiger partial charge in [-0.05, 0) is 67.3 Å². The molecule has 8 heteroatoms. The third-order valence-electron chi connectivity index (χ3n) is 8.70. The lowest BCUT2D eigenvalue weighted by molar-refractivity contribution is -0.116. The number of ether oxygens (including phenoxy) is 2. The van der Waals surface area contributed by atoms with Crippen LogP contribution >= 0.6 is 11.3 Å². The molecule has 3 heterocycles. The van der Waals surface area contributed by atoms with E-state index in [4.69, 9.17) is 20.2 Å². The van der Waals surface area contributed by atoms with Gasteiger partial charge in [0.05, 0.1) is 30.2 Å². The van der Waals surface area contributed by atoms with Crippen molar-refractivity contribution in [2.75, 3.05) is 12.0 Å². The van der Waals surface area contributed by atoms with E-state index >= 15 is 0 Å². The van der Waals surface area contributed by atoms with E-state index in [2.05, 4.69) is 11.0 Å². The molecule has 1 unspecified atom stereocenters. The fourth-order valence-corrected chi connectivity index (χ4v) is 8.17. The maximum Gasteiger partial charge on any atom is 0.161 e. The number of aliphatic imine (C=N–C) groups is 1. The van der Waals surface area contributed by atoms with Gasteiger partial charge >= 0.3 is 0 Å². The lowest BCUT2D eigenvalue weighted by Gasteiger charge is -2.41. The number of amidine groups is 1. The number of hydrogen-bond acceptors (Lipinski definition) is 8. The average molecular weight is 577 g/mol. The zero-order valence-electron chi connectivity index (χ0n) is 23.6. The predicted molar refractivity (Wildman–Crippen MR) is 164 cm³/mol. The molecule has 0 saturated heterocycles. The van der Waals surface area contributed by atoms with Crippen molar-refractivity contribution in [2.24, 2.45) is 10.7 Å². The van der Waals surface area contributed by atoms with Gasteiger partial charge in [-0.2, -0.15) is 5.26 Å². The van der Waals surface area contributed by atoms with Gasteiger partial charge in [-0.15, -0.1) is 11.3 Å². The number of fused-ring (bicyclic) bond motifs is 6. The Morgan fingerprint density at radius 1 is 1.05 bits per heavy atom. The molecule has 212 valence electrons. The van der Waals surface area contributed by atoms with Crippen LogP contribution in [0.4, 0.5) is 5.00 Å². The Morgan fingerprint density at radius 3 is 2.69 bits per heavy atom. The highest BCUT2D eigenvalue weighted by Crippen LogP contribution is 2.53. The summed E-state index contributed by atoms with van der Waals surface area (Å²) in [6.07, 6.45) is 7.51. The molecule has 7 rings (SSSR count). The number of thiophene rings is 1. The van der Waals surface area contributed by atoms with E-state index in [1.165, 1.54) is 16.9 Å². The summed E-state index contributed by atoms with van der Waals surface area (Å²) in [6.45, 7) is 0.400. The third-order valence-corrected chi connectivity index (χ3v) is 9.97. The number of benzene rings is 2. The summed E-state index contributed by atoms with van der Waals surface area (Å²) in [7, 11) is 1.60. The van der Waals surface area contributed by atoms with Crippen molar-refractivity contribution in [1.29, 1.82) is 5.26 Å². The van der Waals surface area contributed by atoms with E-state index < -0.39 is 5.92 Å². The molecule has 1 aromatic heterocycles. The Hall–Kier alpha value is -4.35. The Balaban J connectivity index is 1.35. The van der Waals surface area contributed by atoms with Gasteiger partial charge in [-0.25, -0.2) is 4.99 Å². The number of aryl methyl sites for hydroxylation is 1. The highest BCUT2D eigenvalue weighted by atomic mass is 32.1. The van der Waals surface area contributed by atoms with Gasteiger partial charge < -0.3 is 15.2 Å². The SMILES string of the molecule is COc1cc(C2C(C#N)=C3N=C(N)c4c(sc5c4CCCCC5)N3C3=C2C(=O)CCC3)ccc1OCc1ccccc1. The smallest absolute Gasteiger partial charge is 0.161 e. The van der Waals surface area contributed by atoms with Crippen LogP contribution in [-0.4, -0.2) is 18.7 Å². The van der Waals surface area contributed by atoms with Crippen LogP contribution in [0.15, 0.2) is 76.2 Å². The Labute approximate surface area is 249 Å². The molecule has 7 nitrogen and oxygen atoms in total. The van der Waals surface area contributed by atoms with Crippen LogP contribution in [0.3, 0.4) is 0 Å². The molecule has 2 aliphatic heterocycles. The van der Waals surface area contributed by atoms with Crippen LogP contribution in [-0.2, 0) is 24.2 Å². The number of hydrogen-bond donors (Lipinski definition) is 1. The summed E-state index contributed by atoms with van der Waals surface area (Å²) in [4.78, 5) is 22.1. The van der Waals surface area contributed by atoms with E-state index in [1.54, 1.807) is 18.4 Å². The van der Waals surface area contributed by atoms with E-state index in [-0.39, 0.29) is 5.78 Å². The van der Waals surface area contributed by atoms with Crippen LogP contribution in [0, 0.1) is 11.3 Å². The fraction of sp³-hybridized carbons (Fsp3) is 0.324. The molecule has 0 amide bonds. The van der Waals surface area contributed by atoms with Gasteiger partial charge in [0.1, 0.15) is 17.4 Å². The zero-order valence-corrected chi connectivity index (χ0v) is 24.4. The normalized spacial score (nSPS) is 19.6. The van der Waals surface area contributed by atoms with Crippen molar-refractivity contribution in [3.05, 3.63) is 98.3 Å². The minimum Gasteiger partial charge on any atom is -0.493 e. The monoisotopic (exact) mass is 576 g/mol. The van der Waals surface area contributed by atoms with Gasteiger partial charge in [0.15, 0.2) is 23.1 Å². The zero-order chi connectivity index (χ0) is 28.8. The van der Waals surface area contributed by atoms with Gasteiger partial charge in [0.2, 0.25) is 0 Å². The Morgan fingerprint density at radius 2 is 1.88 bits per heavy atom. The summed E-state index contributed by atoms with van der Waals surface area (Å²) in [6, 6.07) is 18.1. The second kappa shape index (κ2) is 10.8. The van der Waals surface area contributed by atoms with Crippen LogP contribution in [0.1, 0.15) is 71.6 Å². The summed E-state index contributed by atoms with van der Waals surface area (Å²) < 4.78 is 11.8. The van der Waals surface area contributed by atoms with E-state index in [1.807, 2.05) is 48.5 Å². The van der Waals surface area contributed by atoms with Gasteiger partial charge in [0.25, 0.3) is 0 Å². The first-order chi connectivity index (χ1) is 20.6. The Kier molecular flexibility index (Phi) is 6.83. The number of nitriles is 1. The molecular weight excluding hydrogens is 544 g/mol. The molecule has 0 radical (unpaired) electrons. The summed E-state index contributed by atoms with van der Waals surface area (Å²) in [5.41, 5.74) is 12.9. The number of Topliss-reactive ketones (excluding diaryl/α,β-unsaturated/α-hetero) is 1. The van der Waals surface area contributed by atoms with Crippen LogP contribution in [0.5, 0.6) is 11.5 Å². The molecule has 3 aromatic rings. The molecule has 1 atom stereocenters. The molecular formula is C34H32N4O3S. The first kappa shape index (κ1) is 26.5. The standard InChI is InChI=1S/C34H32N4O3S/c1-40-27-17-21(15-16-26(27)41-19-20-9-4-2-5-10-20)29-23(18-35)33-37-32(36)30-22-11-6-3-7-14-28(22)42-34(30)38(33)24-12-8-13-25(39)31(24)29/h2,4-5,9-10,15-17,29H,3,6-8,11-14,19H2,1H3,(H2,36,37). The summed E-state index contributed by atoms with van der Waals surface area (Å²) in [5, 5.41) is 11.6. The second-order valence-corrected chi connectivity index (χ2v) is 12.3. The van der Waals surface area contributed by atoms with Crippen molar-refractivity contribution in [3.8, 4) is 17.6 Å². The Bertz CT molecular complexity index is 1730. The summed E-state index contributed by atoms with van der Waals surface area (Å²) >= 11 is 1.76. The minimum absolute atomic E-state index is 0.0821. The molecule has 0 spiro atoms. The van der Waals surface area contributed by atoms with Crippen molar-refractivity contribution in [1.82, 2.24) is 0 Å². The maximum absolute atomic E-state index is 13.7. The number of carbonyl (C=O) groups is 1. The number of rotatable bonds is 5. The quantitative estimate of drug-likeness (QED) is 0.341. The van der Waals surface area contributed by atoms with E-state index in [0.717, 1.165) is 65.9 Å². The number of carbonyl (C=O) groups excluding carboxylic acids is 1. The van der Waals surface area contributed by atoms with E-state index in [0.29, 0.717) is 47.3 Å². The van der Waals surface area contributed by atoms with Crippen LogP contribution in [0.25, 0.3) is 0 Å². The van der Waals surface area contributed by atoms with Crippen LogP contribution in [0.2, 0.25) is 0 Å². The van der Waals surface area contributed by atoms with Gasteiger partial charge in [-0.1, -0.05) is 42.8 Å². The molecule has 0 fully saturated rings. The number of allylic oxidation sites excluding steroid dienone is 3. The molecule has 2 aliphatic carbocycles. The second-order valence-electron chi connectivity index (χ2n) is 11.2. The number of methoxy groups -OCH3 is 1. The first-order valence-electron chi connectivity index (χ1n) is 14.6. The van der Waals surface area contributed by atoms with Crippen molar-refractivity contribution in [3.63, 3.8) is 0 Å². The number of nitrogens with zero attached hydrogens (tertiary/aromatic N) is 3. The van der Waals surface area contributed by atoms with Gasteiger partial charge in [0, 0.05) is 22.6 Å². The van der Waals surface area contributed by atoms with E-state index in [9.17, 15) is 10.1 Å². The van der Waals surface area contributed by atoms with Crippen molar-refractivity contribution < 1.29 is 14.3 Å². The lowest BCUT2D eigenvalue weighted by atomic mass is 9.75. The largest absolute Gasteiger partial charge is 0.493 e. The molecule has 0 saturated carbocycles. The predicted octanol–water partition coefficient (Wildman–Crippen LogP) is 6.67. The number of anilines is 1. The van der Waals surface area contributed by atoms with Gasteiger partial charge in [-0.3, -0.25) is 9.69 Å². The average Bonchev–Trinajstić information content (AvgIpc) is 3.23. The first-order valence-corrected chi connectivity index (χ1v) is 15.4. The molecule has 2 aromatic carbocycles. The van der Waals surface area contributed by atoms with Crippen molar-refractivity contribution >= 4 is 28.0 Å². The highest BCUT2D eigenvalue weighted by Gasteiger charge is 2.44. The van der Waals surface area contributed by atoms with Crippen molar-refractivity contribution in [2.45, 2.75) is 63.9 Å². The molecule has 4 aliphatic rings. The minimum atomic E-state index is -0.558. The topological polar surface area (TPSA) is 101 Å². The molecule has 2 N–H and O–H groups in total. The fourth-order valence-electron chi connectivity index (χ4n) is 6.74. The number of nitrogens with two attached hydrogens (primary N) is 1. The number of ketones is 1. The highest BCUT2D eigenvalue weighted by molar-refractivity contribution is 7.17. The summed E-state index contributed by atoms with van der Waals surface area (Å²) in [5.74, 6) is 1.68.